The molecule has 0 atom stereocenters. The molecule has 5 nitrogen and oxygen atoms in total. The molecule has 0 spiro atoms. The van der Waals surface area contributed by atoms with Gasteiger partial charge in [0.05, 0.1) is 11.4 Å². The smallest absolute Gasteiger partial charge is 0.143 e. The predicted molar refractivity (Wildman–Crippen MR) is 251 cm³/mol. The maximum Gasteiger partial charge on any atom is 0.143 e. The fourth-order valence-corrected chi connectivity index (χ4v) is 7.18. The number of para-hydroxylation sites is 3. The summed E-state index contributed by atoms with van der Waals surface area (Å²) in [6, 6.07) is 68.5. The second-order valence-corrected chi connectivity index (χ2v) is 14.1. The van der Waals surface area contributed by atoms with E-state index in [1.807, 2.05) is 91.1 Å². The lowest BCUT2D eigenvalue weighted by Crippen LogP contribution is -2.12. The maximum absolute atomic E-state index is 6.39. The number of hydrogen-bond acceptors (Lipinski definition) is 5. The molecule has 9 aromatic rings. The molecule has 0 fully saturated rings. The summed E-state index contributed by atoms with van der Waals surface area (Å²) in [6.45, 7) is 2.75. The van der Waals surface area contributed by atoms with E-state index in [9.17, 15) is 0 Å². The van der Waals surface area contributed by atoms with Crippen LogP contribution in [-0.4, -0.2) is 6.21 Å². The van der Waals surface area contributed by atoms with Gasteiger partial charge >= 0.3 is 0 Å². The van der Waals surface area contributed by atoms with Crippen LogP contribution in [0.3, 0.4) is 0 Å². The summed E-state index contributed by atoms with van der Waals surface area (Å²) in [7, 11) is 0. The van der Waals surface area contributed by atoms with Gasteiger partial charge in [-0.1, -0.05) is 177 Å². The third-order valence-electron chi connectivity index (χ3n) is 10.1. The maximum atomic E-state index is 6.39. The van der Waals surface area contributed by atoms with Gasteiger partial charge in [-0.2, -0.15) is 5.10 Å². The van der Waals surface area contributed by atoms with Crippen LogP contribution in [0.25, 0.3) is 56.3 Å². The Morgan fingerprint density at radius 2 is 1.17 bits per heavy atom. The first-order valence-corrected chi connectivity index (χ1v) is 20.0. The van der Waals surface area contributed by atoms with Crippen molar-refractivity contribution in [1.82, 2.24) is 0 Å². The van der Waals surface area contributed by atoms with Crippen LogP contribution in [0.5, 0.6) is 0 Å². The molecule has 288 valence electrons. The summed E-state index contributed by atoms with van der Waals surface area (Å²) in [6.07, 6.45) is 7.21. The Morgan fingerprint density at radius 1 is 0.559 bits per heavy atom. The molecule has 59 heavy (non-hydrogen) atoms. The number of nitrogens with zero attached hydrogens (tertiary/aromatic N) is 2. The largest absolute Gasteiger partial charge is 0.455 e. The van der Waals surface area contributed by atoms with E-state index in [4.69, 9.17) is 15.3 Å². The van der Waals surface area contributed by atoms with E-state index in [0.29, 0.717) is 6.54 Å². The average Bonchev–Trinajstić information content (AvgIpc) is 3.63. The standard InChI is InChI=1S/C41H31N3O.C7H9N.C6H6/c1-2-24-42-44-38-23-22-29(33-17-11-18-35-34-16-9-10-19-40(34)45-41(33)35)25-30(38)20-21-31-26-37(43-32-14-7-4-8-15-32)36(27-39(31)44)28-12-5-3-6-13-28;8-6-7-4-2-1-3-5-7;1-2-4-6-5-3-1/h3-27,43H,2H2,1H3;1-5H,6,8H2;1-6H/b42-24+;;. The lowest BCUT2D eigenvalue weighted by Gasteiger charge is -2.24. The molecule has 0 radical (unpaired) electrons. The Labute approximate surface area is 346 Å². The third kappa shape index (κ3) is 8.92. The number of nitrogens with two attached hydrogens (primary N) is 1. The molecule has 1 aliphatic heterocycles. The molecular formula is C54H46N4O. The van der Waals surface area contributed by atoms with Crippen molar-refractivity contribution in [2.45, 2.75) is 19.9 Å². The zero-order chi connectivity index (χ0) is 40.2. The summed E-state index contributed by atoms with van der Waals surface area (Å²) in [4.78, 5) is 0. The fraction of sp³-hybridized carbons (Fsp3) is 0.0556. The van der Waals surface area contributed by atoms with Crippen LogP contribution in [0, 0.1) is 0 Å². The summed E-state index contributed by atoms with van der Waals surface area (Å²) < 4.78 is 6.39. The fourth-order valence-electron chi connectivity index (χ4n) is 7.18. The van der Waals surface area contributed by atoms with E-state index >= 15 is 0 Å². The van der Waals surface area contributed by atoms with Crippen molar-refractivity contribution in [2.75, 3.05) is 10.3 Å². The van der Waals surface area contributed by atoms with Gasteiger partial charge in [0, 0.05) is 57.2 Å². The number of rotatable bonds is 7. The third-order valence-corrected chi connectivity index (χ3v) is 10.1. The molecule has 8 aromatic carbocycles. The van der Waals surface area contributed by atoms with Crippen molar-refractivity contribution in [3.8, 4) is 22.3 Å². The molecule has 5 heteroatoms. The lowest BCUT2D eigenvalue weighted by molar-refractivity contribution is 0.670. The highest BCUT2D eigenvalue weighted by molar-refractivity contribution is 6.09. The molecule has 0 unspecified atom stereocenters. The molecule has 0 saturated carbocycles. The first kappa shape index (κ1) is 38.4. The van der Waals surface area contributed by atoms with E-state index in [2.05, 4.69) is 145 Å². The van der Waals surface area contributed by atoms with Crippen LogP contribution in [0.15, 0.2) is 210 Å². The molecule has 0 bridgehead atoms. The Morgan fingerprint density at radius 3 is 1.85 bits per heavy atom. The van der Waals surface area contributed by atoms with Crippen molar-refractivity contribution in [3.05, 3.63) is 217 Å². The zero-order valence-electron chi connectivity index (χ0n) is 33.1. The first-order valence-electron chi connectivity index (χ1n) is 20.0. The van der Waals surface area contributed by atoms with E-state index in [0.717, 1.165) is 84.5 Å². The minimum Gasteiger partial charge on any atom is -0.455 e. The minimum atomic E-state index is 0.640. The van der Waals surface area contributed by atoms with Gasteiger partial charge in [0.15, 0.2) is 0 Å². The highest BCUT2D eigenvalue weighted by Crippen LogP contribution is 2.44. The van der Waals surface area contributed by atoms with Crippen LogP contribution < -0.4 is 16.1 Å². The van der Waals surface area contributed by atoms with E-state index < -0.39 is 0 Å². The highest BCUT2D eigenvalue weighted by atomic mass is 16.3. The summed E-state index contributed by atoms with van der Waals surface area (Å²) in [5.74, 6) is 0. The van der Waals surface area contributed by atoms with Crippen molar-refractivity contribution >= 4 is 63.1 Å². The SMILES string of the molecule is CC/C=N/N1c2ccc(-c3cccc4c3oc3ccccc34)cc2C=Cc2cc(Nc3ccccc3)c(-c3ccccc3)cc21.NCc1ccccc1.c1ccccc1. The highest BCUT2D eigenvalue weighted by Gasteiger charge is 2.22. The predicted octanol–water partition coefficient (Wildman–Crippen LogP) is 14.5. The number of hydrazone groups is 1. The molecular weight excluding hydrogens is 721 g/mol. The first-order chi connectivity index (χ1) is 29.2. The minimum absolute atomic E-state index is 0.640. The quantitative estimate of drug-likeness (QED) is 0.159. The number of fused-ring (bicyclic) bond motifs is 5. The number of anilines is 4. The summed E-state index contributed by atoms with van der Waals surface area (Å²) in [5, 5.41) is 13.0. The van der Waals surface area contributed by atoms with Gasteiger partial charge < -0.3 is 15.5 Å². The normalized spacial score (nSPS) is 11.5. The molecule has 0 amide bonds. The second-order valence-electron chi connectivity index (χ2n) is 14.1. The molecule has 1 aliphatic rings. The van der Waals surface area contributed by atoms with Crippen LogP contribution in [-0.2, 0) is 6.54 Å². The monoisotopic (exact) mass is 766 g/mol. The summed E-state index contributed by atoms with van der Waals surface area (Å²) in [5.41, 5.74) is 19.1. The van der Waals surface area contributed by atoms with Crippen LogP contribution in [0.4, 0.5) is 22.7 Å². The Balaban J connectivity index is 0.000000292. The number of furan rings is 1. The van der Waals surface area contributed by atoms with Gasteiger partial charge in [-0.05, 0) is 65.6 Å². The zero-order valence-corrected chi connectivity index (χ0v) is 33.1. The molecule has 1 aromatic heterocycles. The second kappa shape index (κ2) is 18.6. The molecule has 3 N–H and O–H groups in total. The van der Waals surface area contributed by atoms with Gasteiger partial charge in [0.25, 0.3) is 0 Å². The lowest BCUT2D eigenvalue weighted by atomic mass is 9.99. The van der Waals surface area contributed by atoms with Gasteiger partial charge in [0.1, 0.15) is 11.2 Å². The average molecular weight is 767 g/mol. The van der Waals surface area contributed by atoms with Crippen molar-refractivity contribution in [1.29, 1.82) is 0 Å². The van der Waals surface area contributed by atoms with Crippen molar-refractivity contribution in [2.24, 2.45) is 10.8 Å². The summed E-state index contributed by atoms with van der Waals surface area (Å²) >= 11 is 0. The van der Waals surface area contributed by atoms with E-state index in [-0.39, 0.29) is 0 Å². The topological polar surface area (TPSA) is 66.8 Å². The Hall–Kier alpha value is -7.47. The van der Waals surface area contributed by atoms with Gasteiger partial charge in [-0.15, -0.1) is 0 Å². The molecule has 10 rings (SSSR count). The molecule has 2 heterocycles. The van der Waals surface area contributed by atoms with Crippen LogP contribution in [0.2, 0.25) is 0 Å². The Kier molecular flexibility index (Phi) is 12.1. The molecule has 0 saturated heterocycles. The van der Waals surface area contributed by atoms with Crippen molar-refractivity contribution in [3.63, 3.8) is 0 Å². The van der Waals surface area contributed by atoms with Gasteiger partial charge in [-0.25, -0.2) is 5.01 Å². The van der Waals surface area contributed by atoms with Gasteiger partial charge in [0.2, 0.25) is 0 Å². The van der Waals surface area contributed by atoms with Gasteiger partial charge in [-0.3, -0.25) is 0 Å². The van der Waals surface area contributed by atoms with Crippen LogP contribution >= 0.6 is 0 Å². The number of hydrogen-bond donors (Lipinski definition) is 2. The van der Waals surface area contributed by atoms with Crippen molar-refractivity contribution < 1.29 is 4.42 Å². The molecule has 0 aliphatic carbocycles. The number of benzene rings is 8. The van der Waals surface area contributed by atoms with Crippen LogP contribution in [0.1, 0.15) is 30.0 Å². The van der Waals surface area contributed by atoms with E-state index in [1.165, 1.54) is 5.56 Å². The number of nitrogens with one attached hydrogen (secondary N) is 1. The Bertz CT molecular complexity index is 2790. The van der Waals surface area contributed by atoms with E-state index in [1.54, 1.807) is 0 Å².